The number of hydrogen-bond donors (Lipinski definition) is 1. The van der Waals surface area contributed by atoms with Crippen molar-refractivity contribution in [3.63, 3.8) is 0 Å². The van der Waals surface area contributed by atoms with Gasteiger partial charge in [-0.15, -0.1) is 0 Å². The summed E-state index contributed by atoms with van der Waals surface area (Å²) in [7, 11) is 6.27. The van der Waals surface area contributed by atoms with Crippen LogP contribution >= 0.6 is 0 Å². The van der Waals surface area contributed by atoms with Gasteiger partial charge in [0.2, 0.25) is 0 Å². The number of quaternary nitrogens is 1. The van der Waals surface area contributed by atoms with Crippen LogP contribution in [0.15, 0.2) is 0 Å². The molecular formula is C15H28NO5+. The molecule has 2 aliphatic rings. The van der Waals surface area contributed by atoms with Crippen LogP contribution in [0.1, 0.15) is 27.2 Å². The van der Waals surface area contributed by atoms with Gasteiger partial charge in [0.15, 0.2) is 5.79 Å². The van der Waals surface area contributed by atoms with Crippen molar-refractivity contribution >= 4 is 5.97 Å². The number of aliphatic hydroxyl groups is 1. The van der Waals surface area contributed by atoms with Gasteiger partial charge in [-0.05, 0) is 20.3 Å². The van der Waals surface area contributed by atoms with E-state index in [0.717, 1.165) is 0 Å². The maximum Gasteiger partial charge on any atom is 0.302 e. The normalized spacial score (nSPS) is 38.9. The highest BCUT2D eigenvalue weighted by atomic mass is 16.8. The van der Waals surface area contributed by atoms with Crippen molar-refractivity contribution in [2.75, 3.05) is 27.7 Å². The Labute approximate surface area is 126 Å². The summed E-state index contributed by atoms with van der Waals surface area (Å²) < 4.78 is 18.2. The van der Waals surface area contributed by atoms with Gasteiger partial charge in [0, 0.05) is 12.8 Å². The van der Waals surface area contributed by atoms with Crippen molar-refractivity contribution in [2.45, 2.75) is 57.3 Å². The molecule has 6 heteroatoms. The Balaban J connectivity index is 2.33. The van der Waals surface area contributed by atoms with Gasteiger partial charge in [0.25, 0.3) is 0 Å². The number of fused-ring (bicyclic) bond motifs is 1. The second-order valence-corrected chi connectivity index (χ2v) is 7.50. The van der Waals surface area contributed by atoms with Crippen LogP contribution in [-0.2, 0) is 19.0 Å². The zero-order chi connectivity index (χ0) is 16.0. The SMILES string of the molecule is CC(=O)O[C@H]1C[C@H](CO)[C@H]([N+](C)(C)C)[C@H]2OC(C)(C)O[C@H]21. The lowest BCUT2D eigenvalue weighted by Crippen LogP contribution is -2.64. The van der Waals surface area contributed by atoms with E-state index in [0.29, 0.717) is 10.9 Å². The molecule has 2 rings (SSSR count). The molecule has 1 aliphatic carbocycles. The summed E-state index contributed by atoms with van der Waals surface area (Å²) in [5.74, 6) is -1.02. The predicted octanol–water partition coefficient (Wildman–Crippen LogP) is 0.525. The summed E-state index contributed by atoms with van der Waals surface area (Å²) in [5, 5.41) is 9.78. The number of likely N-dealkylation sites (N-methyl/N-ethyl adjacent to an activating group) is 1. The number of rotatable bonds is 3. The number of carbonyl (C=O) groups is 1. The van der Waals surface area contributed by atoms with Crippen LogP contribution in [0.4, 0.5) is 0 Å². The molecule has 122 valence electrons. The Morgan fingerprint density at radius 2 is 1.86 bits per heavy atom. The highest BCUT2D eigenvalue weighted by Crippen LogP contribution is 2.43. The molecule has 0 aromatic carbocycles. The van der Waals surface area contributed by atoms with Gasteiger partial charge in [0.1, 0.15) is 24.4 Å². The predicted molar refractivity (Wildman–Crippen MR) is 76.4 cm³/mol. The minimum absolute atomic E-state index is 0.00750. The van der Waals surface area contributed by atoms with Crippen LogP contribution in [0.2, 0.25) is 0 Å². The van der Waals surface area contributed by atoms with Crippen molar-refractivity contribution in [1.82, 2.24) is 0 Å². The van der Waals surface area contributed by atoms with E-state index < -0.39 is 5.79 Å². The quantitative estimate of drug-likeness (QED) is 0.608. The molecule has 0 unspecified atom stereocenters. The molecular weight excluding hydrogens is 274 g/mol. The molecule has 0 bridgehead atoms. The van der Waals surface area contributed by atoms with Crippen molar-refractivity contribution in [2.24, 2.45) is 5.92 Å². The molecule has 2 fully saturated rings. The average Bonchev–Trinajstić information content (AvgIpc) is 2.61. The lowest BCUT2D eigenvalue weighted by Gasteiger charge is -2.47. The van der Waals surface area contributed by atoms with Gasteiger partial charge in [-0.1, -0.05) is 0 Å². The van der Waals surface area contributed by atoms with Gasteiger partial charge in [0.05, 0.1) is 27.7 Å². The number of carbonyl (C=O) groups excluding carboxylic acids is 1. The summed E-state index contributed by atoms with van der Waals surface area (Å²) in [4.78, 5) is 11.4. The molecule has 1 saturated carbocycles. The minimum Gasteiger partial charge on any atom is -0.460 e. The average molecular weight is 302 g/mol. The fraction of sp³-hybridized carbons (Fsp3) is 0.933. The highest BCUT2D eigenvalue weighted by molar-refractivity contribution is 5.66. The Kier molecular flexibility index (Phi) is 4.37. The Morgan fingerprint density at radius 1 is 1.29 bits per heavy atom. The molecule has 0 aromatic heterocycles. The summed E-state index contributed by atoms with van der Waals surface area (Å²) >= 11 is 0. The van der Waals surface area contributed by atoms with Crippen molar-refractivity contribution in [3.8, 4) is 0 Å². The Bertz CT molecular complexity index is 403. The van der Waals surface area contributed by atoms with Crippen molar-refractivity contribution in [1.29, 1.82) is 0 Å². The summed E-state index contributed by atoms with van der Waals surface area (Å²) in [6.07, 6.45) is -0.254. The van der Waals surface area contributed by atoms with Gasteiger partial charge >= 0.3 is 5.97 Å². The van der Waals surface area contributed by atoms with Crippen LogP contribution in [-0.4, -0.2) is 73.4 Å². The summed E-state index contributed by atoms with van der Waals surface area (Å²) in [6.45, 7) is 5.19. The monoisotopic (exact) mass is 302 g/mol. The van der Waals surface area contributed by atoms with Crippen LogP contribution in [0.5, 0.6) is 0 Å². The molecule has 0 spiro atoms. The first-order valence-electron chi connectivity index (χ1n) is 7.50. The van der Waals surface area contributed by atoms with Crippen LogP contribution in [0, 0.1) is 5.92 Å². The molecule has 1 saturated heterocycles. The van der Waals surface area contributed by atoms with E-state index in [1.165, 1.54) is 6.92 Å². The van der Waals surface area contributed by atoms with E-state index in [4.69, 9.17) is 14.2 Å². The third-order valence-corrected chi connectivity index (χ3v) is 4.33. The first-order chi connectivity index (χ1) is 9.55. The van der Waals surface area contributed by atoms with Crippen molar-refractivity contribution < 1.29 is 28.6 Å². The van der Waals surface area contributed by atoms with Gasteiger partial charge in [-0.2, -0.15) is 0 Å². The fourth-order valence-corrected chi connectivity index (χ4v) is 3.79. The smallest absolute Gasteiger partial charge is 0.302 e. The molecule has 5 atom stereocenters. The van der Waals surface area contributed by atoms with E-state index in [1.807, 2.05) is 13.8 Å². The standard InChI is InChI=1S/C15H28NO5/c1-9(18)19-11-7-10(8-17)12(16(4,5)6)14-13(11)20-15(2,3)21-14/h10-14,17H,7-8H2,1-6H3/q+1/t10-,11+,12+,13+,14-/m1/s1. The molecule has 1 N–H and O–H groups in total. The Hall–Kier alpha value is -0.690. The maximum atomic E-state index is 11.4. The van der Waals surface area contributed by atoms with E-state index >= 15 is 0 Å². The van der Waals surface area contributed by atoms with Gasteiger partial charge in [-0.3, -0.25) is 4.79 Å². The highest BCUT2D eigenvalue weighted by Gasteiger charge is 2.59. The molecule has 21 heavy (non-hydrogen) atoms. The van der Waals surface area contributed by atoms with E-state index in [1.54, 1.807) is 0 Å². The molecule has 1 heterocycles. The van der Waals surface area contributed by atoms with Crippen molar-refractivity contribution in [3.05, 3.63) is 0 Å². The zero-order valence-electron chi connectivity index (χ0n) is 13.8. The summed E-state index contributed by atoms with van der Waals surface area (Å²) in [6, 6.07) is 0.0913. The van der Waals surface area contributed by atoms with E-state index in [9.17, 15) is 9.90 Å². The third-order valence-electron chi connectivity index (χ3n) is 4.33. The number of nitrogens with zero attached hydrogens (tertiary/aromatic N) is 1. The van der Waals surface area contributed by atoms with Gasteiger partial charge < -0.3 is 23.8 Å². The third kappa shape index (κ3) is 3.39. The summed E-state index contributed by atoms with van der Waals surface area (Å²) in [5.41, 5.74) is 0. The second kappa shape index (κ2) is 5.50. The maximum absolute atomic E-state index is 11.4. The number of ether oxygens (including phenoxy) is 3. The van der Waals surface area contributed by atoms with E-state index in [-0.39, 0.29) is 42.8 Å². The molecule has 0 amide bonds. The minimum atomic E-state index is -0.703. The Morgan fingerprint density at radius 3 is 2.33 bits per heavy atom. The van der Waals surface area contributed by atoms with Crippen LogP contribution < -0.4 is 0 Å². The largest absolute Gasteiger partial charge is 0.460 e. The molecule has 1 aliphatic heterocycles. The van der Waals surface area contributed by atoms with E-state index in [2.05, 4.69) is 21.1 Å². The van der Waals surface area contributed by atoms with Crippen LogP contribution in [0.3, 0.4) is 0 Å². The number of esters is 1. The fourth-order valence-electron chi connectivity index (χ4n) is 3.79. The molecule has 6 nitrogen and oxygen atoms in total. The number of hydrogen-bond acceptors (Lipinski definition) is 5. The lowest BCUT2D eigenvalue weighted by molar-refractivity contribution is -0.905. The topological polar surface area (TPSA) is 65.0 Å². The first-order valence-corrected chi connectivity index (χ1v) is 7.50. The van der Waals surface area contributed by atoms with Gasteiger partial charge in [-0.25, -0.2) is 0 Å². The lowest BCUT2D eigenvalue weighted by atomic mass is 9.78. The van der Waals surface area contributed by atoms with Crippen LogP contribution in [0.25, 0.3) is 0 Å². The molecule has 0 radical (unpaired) electrons. The zero-order valence-corrected chi connectivity index (χ0v) is 13.8. The number of aliphatic hydroxyl groups excluding tert-OH is 1. The molecule has 0 aromatic rings. The first kappa shape index (κ1) is 16.7. The second-order valence-electron chi connectivity index (χ2n) is 7.50.